The molecule has 0 saturated heterocycles. The zero-order valence-electron chi connectivity index (χ0n) is 11.5. The summed E-state index contributed by atoms with van der Waals surface area (Å²) in [7, 11) is 1.63. The summed E-state index contributed by atoms with van der Waals surface area (Å²) in [6.07, 6.45) is 4.80. The summed E-state index contributed by atoms with van der Waals surface area (Å²) in [5.41, 5.74) is 0. The third kappa shape index (κ3) is 4.73. The Kier molecular flexibility index (Phi) is 5.48. The van der Waals surface area contributed by atoms with E-state index in [0.29, 0.717) is 19.2 Å². The maximum atomic E-state index is 9.91. The highest BCUT2D eigenvalue weighted by molar-refractivity contribution is 5.32. The number of benzene rings is 1. The van der Waals surface area contributed by atoms with Crippen molar-refractivity contribution in [3.05, 3.63) is 24.3 Å². The highest BCUT2D eigenvalue weighted by Gasteiger charge is 2.19. The fraction of sp³-hybridized carbons (Fsp3) is 0.600. The van der Waals surface area contributed by atoms with Crippen molar-refractivity contribution in [3.63, 3.8) is 0 Å². The van der Waals surface area contributed by atoms with Crippen LogP contribution < -0.4 is 14.8 Å². The minimum Gasteiger partial charge on any atom is -0.497 e. The first-order valence-electron chi connectivity index (χ1n) is 7.06. The molecule has 0 unspecified atom stereocenters. The first-order chi connectivity index (χ1) is 9.28. The fourth-order valence-electron chi connectivity index (χ4n) is 2.49. The molecule has 0 amide bonds. The van der Waals surface area contributed by atoms with Crippen LogP contribution in [-0.2, 0) is 0 Å². The van der Waals surface area contributed by atoms with E-state index >= 15 is 0 Å². The van der Waals surface area contributed by atoms with Gasteiger partial charge >= 0.3 is 0 Å². The molecule has 2 rings (SSSR count). The predicted octanol–water partition coefficient (Wildman–Crippen LogP) is 0.941. The second kappa shape index (κ2) is 7.36. The lowest BCUT2D eigenvalue weighted by molar-refractivity contribution is -0.693. The van der Waals surface area contributed by atoms with Gasteiger partial charge in [-0.15, -0.1) is 0 Å². The SMILES string of the molecule is COc1cccc(OC[C@H](O)C[NH2+]C2CCCC2)c1. The zero-order chi connectivity index (χ0) is 13.5. The fourth-order valence-corrected chi connectivity index (χ4v) is 2.49. The quantitative estimate of drug-likeness (QED) is 0.772. The third-order valence-electron chi connectivity index (χ3n) is 3.62. The first-order valence-corrected chi connectivity index (χ1v) is 7.06. The van der Waals surface area contributed by atoms with E-state index in [2.05, 4.69) is 5.32 Å². The van der Waals surface area contributed by atoms with Gasteiger partial charge in [0.05, 0.1) is 13.2 Å². The molecule has 1 aliphatic rings. The summed E-state index contributed by atoms with van der Waals surface area (Å²) in [5.74, 6) is 1.50. The van der Waals surface area contributed by atoms with Crippen LogP contribution in [0.15, 0.2) is 24.3 Å². The van der Waals surface area contributed by atoms with Crippen LogP contribution in [-0.4, -0.2) is 37.5 Å². The number of methoxy groups -OCH3 is 1. The van der Waals surface area contributed by atoms with Crippen molar-refractivity contribution in [2.24, 2.45) is 0 Å². The molecule has 106 valence electrons. The minimum absolute atomic E-state index is 0.330. The maximum Gasteiger partial charge on any atom is 0.137 e. The summed E-state index contributed by atoms with van der Waals surface area (Å²) in [4.78, 5) is 0. The number of hydrogen-bond donors (Lipinski definition) is 2. The van der Waals surface area contributed by atoms with Crippen LogP contribution in [0.25, 0.3) is 0 Å². The molecule has 0 bridgehead atoms. The van der Waals surface area contributed by atoms with Crippen molar-refractivity contribution in [3.8, 4) is 11.5 Å². The molecule has 0 spiro atoms. The summed E-state index contributed by atoms with van der Waals surface area (Å²) in [6, 6.07) is 8.15. The molecule has 4 heteroatoms. The smallest absolute Gasteiger partial charge is 0.137 e. The average molecular weight is 266 g/mol. The summed E-state index contributed by atoms with van der Waals surface area (Å²) >= 11 is 0. The zero-order valence-corrected chi connectivity index (χ0v) is 11.5. The predicted molar refractivity (Wildman–Crippen MR) is 73.5 cm³/mol. The van der Waals surface area contributed by atoms with Crippen LogP contribution >= 0.6 is 0 Å². The van der Waals surface area contributed by atoms with Gasteiger partial charge in [-0.2, -0.15) is 0 Å². The van der Waals surface area contributed by atoms with E-state index in [4.69, 9.17) is 9.47 Å². The van der Waals surface area contributed by atoms with Gasteiger partial charge in [0, 0.05) is 6.07 Å². The van der Waals surface area contributed by atoms with Crippen LogP contribution in [0.5, 0.6) is 11.5 Å². The molecular formula is C15H24NO3+. The maximum absolute atomic E-state index is 9.91. The van der Waals surface area contributed by atoms with Crippen molar-refractivity contribution < 1.29 is 19.9 Å². The number of rotatable bonds is 7. The lowest BCUT2D eigenvalue weighted by Crippen LogP contribution is -2.91. The largest absolute Gasteiger partial charge is 0.497 e. The molecule has 19 heavy (non-hydrogen) atoms. The molecule has 1 atom stereocenters. The Morgan fingerprint density at radius 3 is 2.79 bits per heavy atom. The standard InChI is InChI=1S/C15H23NO3/c1-18-14-7-4-8-15(9-14)19-11-13(17)10-16-12-5-2-3-6-12/h4,7-9,12-13,16-17H,2-3,5-6,10-11H2,1H3/p+1/t13-/m1/s1. The summed E-state index contributed by atoms with van der Waals surface area (Å²) < 4.78 is 10.7. The number of aliphatic hydroxyl groups excluding tert-OH is 1. The Morgan fingerprint density at radius 2 is 2.05 bits per heavy atom. The molecule has 3 N–H and O–H groups in total. The first kappa shape index (κ1) is 14.2. The van der Waals surface area contributed by atoms with Gasteiger partial charge in [0.1, 0.15) is 30.8 Å². The topological polar surface area (TPSA) is 55.3 Å². The third-order valence-corrected chi connectivity index (χ3v) is 3.62. The van der Waals surface area contributed by atoms with Gasteiger partial charge in [-0.25, -0.2) is 0 Å². The van der Waals surface area contributed by atoms with Crippen LogP contribution in [0, 0.1) is 0 Å². The molecule has 1 aliphatic carbocycles. The molecule has 0 aromatic heterocycles. The molecule has 1 aromatic carbocycles. The minimum atomic E-state index is -0.424. The van der Waals surface area contributed by atoms with Gasteiger partial charge in [0.25, 0.3) is 0 Å². The van der Waals surface area contributed by atoms with Crippen LogP contribution in [0.3, 0.4) is 0 Å². The highest BCUT2D eigenvalue weighted by atomic mass is 16.5. The normalized spacial score (nSPS) is 17.4. The number of hydrogen-bond acceptors (Lipinski definition) is 3. The van der Waals surface area contributed by atoms with Gasteiger partial charge in [0.2, 0.25) is 0 Å². The Morgan fingerprint density at radius 1 is 1.32 bits per heavy atom. The van der Waals surface area contributed by atoms with E-state index in [-0.39, 0.29) is 0 Å². The van der Waals surface area contributed by atoms with Gasteiger partial charge in [-0.1, -0.05) is 6.07 Å². The van der Waals surface area contributed by atoms with Crippen molar-refractivity contribution in [1.82, 2.24) is 0 Å². The van der Waals surface area contributed by atoms with E-state index in [9.17, 15) is 5.11 Å². The summed E-state index contributed by atoms with van der Waals surface area (Å²) in [6.45, 7) is 1.05. The Bertz CT molecular complexity index is 377. The van der Waals surface area contributed by atoms with Gasteiger partial charge in [-0.3, -0.25) is 0 Å². The number of quaternary nitrogens is 1. The number of nitrogens with two attached hydrogens (primary N) is 1. The lowest BCUT2D eigenvalue weighted by atomic mass is 10.2. The van der Waals surface area contributed by atoms with Crippen LogP contribution in [0.1, 0.15) is 25.7 Å². The summed E-state index contributed by atoms with van der Waals surface area (Å²) in [5, 5.41) is 12.2. The molecular weight excluding hydrogens is 242 g/mol. The molecule has 1 saturated carbocycles. The molecule has 0 aliphatic heterocycles. The molecule has 1 fully saturated rings. The van der Waals surface area contributed by atoms with Crippen LogP contribution in [0.4, 0.5) is 0 Å². The second-order valence-electron chi connectivity index (χ2n) is 5.16. The van der Waals surface area contributed by atoms with Crippen molar-refractivity contribution in [2.75, 3.05) is 20.3 Å². The van der Waals surface area contributed by atoms with E-state index < -0.39 is 6.10 Å². The van der Waals surface area contributed by atoms with Gasteiger partial charge < -0.3 is 19.9 Å². The Hall–Kier alpha value is -1.26. The average Bonchev–Trinajstić information content (AvgIpc) is 2.96. The van der Waals surface area contributed by atoms with Crippen molar-refractivity contribution in [1.29, 1.82) is 0 Å². The lowest BCUT2D eigenvalue weighted by Gasteiger charge is -2.14. The van der Waals surface area contributed by atoms with Crippen LogP contribution in [0.2, 0.25) is 0 Å². The van der Waals surface area contributed by atoms with Gasteiger partial charge in [-0.05, 0) is 37.8 Å². The Balaban J connectivity index is 1.68. The van der Waals surface area contributed by atoms with Gasteiger partial charge in [0.15, 0.2) is 0 Å². The molecule has 0 radical (unpaired) electrons. The number of aliphatic hydroxyl groups is 1. The van der Waals surface area contributed by atoms with E-state index in [1.54, 1.807) is 7.11 Å². The van der Waals surface area contributed by atoms with E-state index in [1.807, 2.05) is 24.3 Å². The molecule has 4 nitrogen and oxygen atoms in total. The molecule has 1 aromatic rings. The van der Waals surface area contributed by atoms with E-state index in [1.165, 1.54) is 25.7 Å². The molecule has 0 heterocycles. The highest BCUT2D eigenvalue weighted by Crippen LogP contribution is 2.18. The van der Waals surface area contributed by atoms with Crippen molar-refractivity contribution >= 4 is 0 Å². The van der Waals surface area contributed by atoms with Crippen molar-refractivity contribution in [2.45, 2.75) is 37.8 Å². The van der Waals surface area contributed by atoms with E-state index in [0.717, 1.165) is 11.5 Å². The monoisotopic (exact) mass is 266 g/mol. The second-order valence-corrected chi connectivity index (χ2v) is 5.16. The number of ether oxygens (including phenoxy) is 2. The Labute approximate surface area is 114 Å².